The van der Waals surface area contributed by atoms with E-state index in [0.717, 1.165) is 52.2 Å². The van der Waals surface area contributed by atoms with Gasteiger partial charge in [-0.15, -0.1) is 0 Å². The molecule has 0 bridgehead atoms. The summed E-state index contributed by atoms with van der Waals surface area (Å²) in [6, 6.07) is 10.5. The van der Waals surface area contributed by atoms with Gasteiger partial charge in [0.1, 0.15) is 0 Å². The molecule has 3 heteroatoms. The van der Waals surface area contributed by atoms with E-state index >= 15 is 0 Å². The fourth-order valence-corrected chi connectivity index (χ4v) is 2.12. The Morgan fingerprint density at radius 2 is 1.94 bits per heavy atom. The fraction of sp³-hybridized carbons (Fsp3) is 0.600. The number of rotatable bonds is 7. The van der Waals surface area contributed by atoms with Crippen LogP contribution in [-0.4, -0.2) is 32.5 Å². The number of nitrogens with one attached hydrogen (secondary N) is 1. The first-order chi connectivity index (χ1) is 8.95. The predicted octanol–water partition coefficient (Wildman–Crippen LogP) is 2.36. The zero-order chi connectivity index (χ0) is 12.5. The molecular formula is C15H23NO2. The highest BCUT2D eigenvalue weighted by atomic mass is 16.5. The highest BCUT2D eigenvalue weighted by Crippen LogP contribution is 2.10. The average molecular weight is 249 g/mol. The minimum Gasteiger partial charge on any atom is -0.381 e. The van der Waals surface area contributed by atoms with Crippen LogP contribution in [0.2, 0.25) is 0 Å². The molecule has 1 saturated heterocycles. The lowest BCUT2D eigenvalue weighted by molar-refractivity contribution is -0.0322. The van der Waals surface area contributed by atoms with Crippen LogP contribution in [0, 0.1) is 0 Å². The van der Waals surface area contributed by atoms with Crippen molar-refractivity contribution >= 4 is 0 Å². The van der Waals surface area contributed by atoms with Crippen molar-refractivity contribution in [2.45, 2.75) is 31.9 Å². The van der Waals surface area contributed by atoms with E-state index < -0.39 is 0 Å². The van der Waals surface area contributed by atoms with Crippen molar-refractivity contribution in [3.05, 3.63) is 35.9 Å². The van der Waals surface area contributed by atoms with Gasteiger partial charge in [0.25, 0.3) is 0 Å². The van der Waals surface area contributed by atoms with Crippen LogP contribution in [-0.2, 0) is 16.0 Å². The van der Waals surface area contributed by atoms with Crippen LogP contribution in [0.5, 0.6) is 0 Å². The summed E-state index contributed by atoms with van der Waals surface area (Å²) in [7, 11) is 0. The molecule has 0 spiro atoms. The van der Waals surface area contributed by atoms with Gasteiger partial charge in [-0.1, -0.05) is 30.3 Å². The first-order valence-electron chi connectivity index (χ1n) is 6.89. The van der Waals surface area contributed by atoms with E-state index in [2.05, 4.69) is 29.6 Å². The van der Waals surface area contributed by atoms with E-state index in [1.807, 2.05) is 6.07 Å². The third-order valence-corrected chi connectivity index (χ3v) is 3.19. The van der Waals surface area contributed by atoms with E-state index in [1.165, 1.54) is 5.56 Å². The molecule has 0 saturated carbocycles. The van der Waals surface area contributed by atoms with Gasteiger partial charge in [0.15, 0.2) is 0 Å². The minimum absolute atomic E-state index is 0.424. The lowest BCUT2D eigenvalue weighted by atomic mass is 10.1. The molecule has 3 nitrogen and oxygen atoms in total. The number of hydrogen-bond donors (Lipinski definition) is 1. The molecule has 2 rings (SSSR count). The highest BCUT2D eigenvalue weighted by Gasteiger charge is 2.13. The van der Waals surface area contributed by atoms with Crippen LogP contribution >= 0.6 is 0 Å². The summed E-state index contributed by atoms with van der Waals surface area (Å²) in [5.41, 5.74) is 1.34. The Bertz CT molecular complexity index is 310. The second kappa shape index (κ2) is 8.25. The molecule has 0 amide bonds. The molecule has 0 aliphatic carbocycles. The molecule has 0 aromatic heterocycles. The Morgan fingerprint density at radius 3 is 2.72 bits per heavy atom. The van der Waals surface area contributed by atoms with Crippen LogP contribution in [0.25, 0.3) is 0 Å². The van der Waals surface area contributed by atoms with Crippen molar-refractivity contribution in [3.8, 4) is 0 Å². The standard InChI is InChI=1S/C15H23NO2/c1-2-5-14(6-3-1)13-16-9-4-10-18-15-7-11-17-12-8-15/h1-3,5-6,15-16H,4,7-13H2. The maximum atomic E-state index is 5.82. The van der Waals surface area contributed by atoms with E-state index in [4.69, 9.17) is 9.47 Å². The first-order valence-corrected chi connectivity index (χ1v) is 6.89. The van der Waals surface area contributed by atoms with Gasteiger partial charge in [0.2, 0.25) is 0 Å². The molecule has 18 heavy (non-hydrogen) atoms. The van der Waals surface area contributed by atoms with Crippen molar-refractivity contribution in [1.82, 2.24) is 5.32 Å². The van der Waals surface area contributed by atoms with E-state index in [1.54, 1.807) is 0 Å². The Labute approximate surface area is 109 Å². The van der Waals surface area contributed by atoms with Crippen molar-refractivity contribution in [2.24, 2.45) is 0 Å². The maximum absolute atomic E-state index is 5.82. The zero-order valence-electron chi connectivity index (χ0n) is 10.9. The number of ether oxygens (including phenoxy) is 2. The molecule has 100 valence electrons. The third-order valence-electron chi connectivity index (χ3n) is 3.19. The Morgan fingerprint density at radius 1 is 1.17 bits per heavy atom. The molecule has 1 aromatic carbocycles. The topological polar surface area (TPSA) is 30.5 Å². The second-order valence-corrected chi connectivity index (χ2v) is 4.70. The normalized spacial score (nSPS) is 16.9. The van der Waals surface area contributed by atoms with Gasteiger partial charge < -0.3 is 14.8 Å². The van der Waals surface area contributed by atoms with Gasteiger partial charge in [0.05, 0.1) is 6.10 Å². The SMILES string of the molecule is c1ccc(CNCCCOC2CCOCC2)cc1. The van der Waals surface area contributed by atoms with E-state index in [9.17, 15) is 0 Å². The summed E-state index contributed by atoms with van der Waals surface area (Å²) in [5, 5.41) is 3.43. The Hall–Kier alpha value is -0.900. The fourth-order valence-electron chi connectivity index (χ4n) is 2.12. The molecule has 1 aromatic rings. The summed E-state index contributed by atoms with van der Waals surface area (Å²) >= 11 is 0. The summed E-state index contributed by atoms with van der Waals surface area (Å²) in [5.74, 6) is 0. The summed E-state index contributed by atoms with van der Waals surface area (Å²) in [4.78, 5) is 0. The highest BCUT2D eigenvalue weighted by molar-refractivity contribution is 5.14. The van der Waals surface area contributed by atoms with Gasteiger partial charge in [0, 0.05) is 26.4 Å². The quantitative estimate of drug-likeness (QED) is 0.753. The Balaban J connectivity index is 1.46. The minimum atomic E-state index is 0.424. The summed E-state index contributed by atoms with van der Waals surface area (Å²) < 4.78 is 11.1. The molecule has 0 atom stereocenters. The molecule has 1 aliphatic rings. The number of hydrogen-bond acceptors (Lipinski definition) is 3. The number of benzene rings is 1. The van der Waals surface area contributed by atoms with Gasteiger partial charge in [-0.2, -0.15) is 0 Å². The molecule has 1 heterocycles. The first kappa shape index (κ1) is 13.5. The molecule has 1 aliphatic heterocycles. The maximum Gasteiger partial charge on any atom is 0.0619 e. The van der Waals surface area contributed by atoms with Gasteiger partial charge in [-0.3, -0.25) is 0 Å². The second-order valence-electron chi connectivity index (χ2n) is 4.70. The van der Waals surface area contributed by atoms with Crippen molar-refractivity contribution < 1.29 is 9.47 Å². The van der Waals surface area contributed by atoms with Crippen LogP contribution in [0.4, 0.5) is 0 Å². The third kappa shape index (κ3) is 5.17. The van der Waals surface area contributed by atoms with Crippen LogP contribution in [0.15, 0.2) is 30.3 Å². The summed E-state index contributed by atoms with van der Waals surface area (Å²) in [6.07, 6.45) is 3.60. The van der Waals surface area contributed by atoms with Gasteiger partial charge >= 0.3 is 0 Å². The lowest BCUT2D eigenvalue weighted by Crippen LogP contribution is -2.25. The monoisotopic (exact) mass is 249 g/mol. The van der Waals surface area contributed by atoms with E-state index in [0.29, 0.717) is 6.10 Å². The Kier molecular flexibility index (Phi) is 6.20. The van der Waals surface area contributed by atoms with Gasteiger partial charge in [-0.25, -0.2) is 0 Å². The van der Waals surface area contributed by atoms with Crippen LogP contribution < -0.4 is 5.32 Å². The molecule has 1 N–H and O–H groups in total. The van der Waals surface area contributed by atoms with Crippen molar-refractivity contribution in [1.29, 1.82) is 0 Å². The van der Waals surface area contributed by atoms with E-state index in [-0.39, 0.29) is 0 Å². The predicted molar refractivity (Wildman–Crippen MR) is 72.6 cm³/mol. The smallest absolute Gasteiger partial charge is 0.0619 e. The molecule has 1 fully saturated rings. The average Bonchev–Trinajstić information content (AvgIpc) is 2.45. The molecule has 0 radical (unpaired) electrons. The van der Waals surface area contributed by atoms with Crippen molar-refractivity contribution in [2.75, 3.05) is 26.4 Å². The zero-order valence-corrected chi connectivity index (χ0v) is 10.9. The molecule has 0 unspecified atom stereocenters. The van der Waals surface area contributed by atoms with Crippen LogP contribution in [0.1, 0.15) is 24.8 Å². The largest absolute Gasteiger partial charge is 0.381 e. The van der Waals surface area contributed by atoms with Crippen molar-refractivity contribution in [3.63, 3.8) is 0 Å². The van der Waals surface area contributed by atoms with Gasteiger partial charge in [-0.05, 0) is 31.4 Å². The summed E-state index contributed by atoms with van der Waals surface area (Å²) in [6.45, 7) is 4.52. The lowest BCUT2D eigenvalue weighted by Gasteiger charge is -2.22. The molecular weight excluding hydrogens is 226 g/mol. The van der Waals surface area contributed by atoms with Crippen LogP contribution in [0.3, 0.4) is 0 Å².